The van der Waals surface area contributed by atoms with E-state index in [1.807, 2.05) is 25.1 Å². The van der Waals surface area contributed by atoms with Crippen molar-refractivity contribution in [2.24, 2.45) is 10.9 Å². The zero-order chi connectivity index (χ0) is 20.4. The van der Waals surface area contributed by atoms with Gasteiger partial charge < -0.3 is 21.2 Å². The summed E-state index contributed by atoms with van der Waals surface area (Å²) in [5, 5.41) is 9.18. The predicted octanol–water partition coefficient (Wildman–Crippen LogP) is 3.39. The Kier molecular flexibility index (Phi) is 7.77. The molecule has 0 bridgehead atoms. The summed E-state index contributed by atoms with van der Waals surface area (Å²) in [6, 6.07) is 12.6. The van der Waals surface area contributed by atoms with Gasteiger partial charge in [0.05, 0.1) is 6.61 Å². The Morgan fingerprint density at radius 3 is 2.71 bits per heavy atom. The summed E-state index contributed by atoms with van der Waals surface area (Å²) in [5.74, 6) is 4.46. The van der Waals surface area contributed by atoms with Crippen LogP contribution in [0.2, 0.25) is 0 Å². The number of aryl methyl sites for hydroxylation is 1. The smallest absolute Gasteiger partial charge is 0.330 e. The Morgan fingerprint density at radius 1 is 1.18 bits per heavy atom. The number of amides is 1. The molecule has 0 saturated carbocycles. The van der Waals surface area contributed by atoms with E-state index in [1.54, 1.807) is 37.3 Å². The maximum Gasteiger partial charge on any atom is 0.330 e. The van der Waals surface area contributed by atoms with Crippen LogP contribution in [0.3, 0.4) is 0 Å². The molecule has 4 N–H and O–H groups in total. The van der Waals surface area contributed by atoms with E-state index >= 15 is 0 Å². The van der Waals surface area contributed by atoms with Gasteiger partial charge in [0.15, 0.2) is 0 Å². The molecule has 0 aliphatic rings. The molecular weight excluding hydrogens is 356 g/mol. The average molecular weight is 380 g/mol. The van der Waals surface area contributed by atoms with Gasteiger partial charge in [-0.1, -0.05) is 19.1 Å². The van der Waals surface area contributed by atoms with Crippen LogP contribution in [-0.4, -0.2) is 24.8 Å². The van der Waals surface area contributed by atoms with E-state index in [4.69, 9.17) is 10.6 Å². The number of esters is 1. The fourth-order valence-electron chi connectivity index (χ4n) is 2.54. The van der Waals surface area contributed by atoms with Gasteiger partial charge in [0.2, 0.25) is 0 Å². The SMILES string of the molecule is CCOC(=O)C=Cc1ccc(NC(=O)c2cccc(NC=NN)c2)c(CC)c1. The van der Waals surface area contributed by atoms with Crippen molar-refractivity contribution in [2.45, 2.75) is 20.3 Å². The molecule has 0 heterocycles. The highest BCUT2D eigenvalue weighted by molar-refractivity contribution is 6.05. The van der Waals surface area contributed by atoms with E-state index in [0.717, 1.165) is 23.2 Å². The number of nitrogens with two attached hydrogens (primary N) is 1. The van der Waals surface area contributed by atoms with Gasteiger partial charge in [0, 0.05) is 23.0 Å². The summed E-state index contributed by atoms with van der Waals surface area (Å²) in [6.45, 7) is 4.10. The Labute approximate surface area is 164 Å². The topological polar surface area (TPSA) is 106 Å². The first-order valence-corrected chi connectivity index (χ1v) is 8.94. The molecule has 0 fully saturated rings. The number of nitrogens with zero attached hydrogens (tertiary/aromatic N) is 1. The first-order chi connectivity index (χ1) is 13.6. The maximum absolute atomic E-state index is 12.6. The molecule has 28 heavy (non-hydrogen) atoms. The monoisotopic (exact) mass is 380 g/mol. The number of hydrogen-bond acceptors (Lipinski definition) is 5. The average Bonchev–Trinajstić information content (AvgIpc) is 2.71. The Morgan fingerprint density at radius 2 is 2.00 bits per heavy atom. The summed E-state index contributed by atoms with van der Waals surface area (Å²) in [7, 11) is 0. The largest absolute Gasteiger partial charge is 0.463 e. The second-order valence-corrected chi connectivity index (χ2v) is 5.81. The number of carbonyl (C=O) groups excluding carboxylic acids is 2. The van der Waals surface area contributed by atoms with Crippen molar-refractivity contribution >= 4 is 35.7 Å². The van der Waals surface area contributed by atoms with Gasteiger partial charge in [-0.15, -0.1) is 0 Å². The maximum atomic E-state index is 12.6. The number of benzene rings is 2. The Bertz CT molecular complexity index is 891. The minimum atomic E-state index is -0.383. The molecule has 2 rings (SSSR count). The second-order valence-electron chi connectivity index (χ2n) is 5.81. The fraction of sp³-hybridized carbons (Fsp3) is 0.190. The third-order valence-electron chi connectivity index (χ3n) is 3.89. The molecule has 2 aromatic carbocycles. The number of hydrogen-bond donors (Lipinski definition) is 3. The molecule has 0 saturated heterocycles. The van der Waals surface area contributed by atoms with E-state index in [-0.39, 0.29) is 11.9 Å². The molecule has 0 atom stereocenters. The number of hydrazone groups is 1. The van der Waals surface area contributed by atoms with E-state index in [2.05, 4.69) is 15.7 Å². The highest BCUT2D eigenvalue weighted by Crippen LogP contribution is 2.21. The van der Waals surface area contributed by atoms with Gasteiger partial charge in [0.1, 0.15) is 6.34 Å². The van der Waals surface area contributed by atoms with Crippen LogP contribution in [-0.2, 0) is 16.0 Å². The first kappa shape index (κ1) is 20.7. The molecular formula is C21H24N4O3. The second kappa shape index (κ2) is 10.5. The highest BCUT2D eigenvalue weighted by Gasteiger charge is 2.10. The van der Waals surface area contributed by atoms with Crippen LogP contribution in [0.25, 0.3) is 6.08 Å². The number of carbonyl (C=O) groups is 2. The van der Waals surface area contributed by atoms with E-state index in [9.17, 15) is 9.59 Å². The highest BCUT2D eigenvalue weighted by atomic mass is 16.5. The van der Waals surface area contributed by atoms with E-state index in [0.29, 0.717) is 17.9 Å². The molecule has 2 aromatic rings. The quantitative estimate of drug-likeness (QED) is 0.163. The number of anilines is 2. The van der Waals surface area contributed by atoms with Crippen LogP contribution in [0.15, 0.2) is 53.6 Å². The lowest BCUT2D eigenvalue weighted by molar-refractivity contribution is -0.137. The lowest BCUT2D eigenvalue weighted by Crippen LogP contribution is -2.13. The summed E-state index contributed by atoms with van der Waals surface area (Å²) in [5.41, 5.74) is 3.75. The third kappa shape index (κ3) is 5.98. The molecule has 7 heteroatoms. The lowest BCUT2D eigenvalue weighted by Gasteiger charge is -2.12. The standard InChI is InChI=1S/C21H24N4O3/c1-3-16-12-15(9-11-20(26)28-4-2)8-10-19(16)25-21(27)17-6-5-7-18(13-17)23-14-24-22/h5-14H,3-4,22H2,1-2H3,(H,23,24)(H,25,27). The van der Waals surface area contributed by atoms with Crippen molar-refractivity contribution in [3.05, 3.63) is 65.2 Å². The van der Waals surface area contributed by atoms with Crippen molar-refractivity contribution in [3.8, 4) is 0 Å². The van der Waals surface area contributed by atoms with Crippen molar-refractivity contribution in [2.75, 3.05) is 17.2 Å². The Balaban J connectivity index is 2.15. The summed E-state index contributed by atoms with van der Waals surface area (Å²) < 4.78 is 4.88. The lowest BCUT2D eigenvalue weighted by atomic mass is 10.1. The van der Waals surface area contributed by atoms with E-state index in [1.165, 1.54) is 12.4 Å². The molecule has 0 aromatic heterocycles. The summed E-state index contributed by atoms with van der Waals surface area (Å²) in [4.78, 5) is 24.1. The number of ether oxygens (including phenoxy) is 1. The zero-order valence-corrected chi connectivity index (χ0v) is 15.9. The zero-order valence-electron chi connectivity index (χ0n) is 15.9. The van der Waals surface area contributed by atoms with Gasteiger partial charge in [-0.3, -0.25) is 4.79 Å². The van der Waals surface area contributed by atoms with Crippen LogP contribution in [0.4, 0.5) is 11.4 Å². The number of rotatable bonds is 8. The normalized spacial score (nSPS) is 10.9. The molecule has 1 amide bonds. The fourth-order valence-corrected chi connectivity index (χ4v) is 2.54. The predicted molar refractivity (Wildman–Crippen MR) is 112 cm³/mol. The van der Waals surface area contributed by atoms with Crippen LogP contribution in [0, 0.1) is 0 Å². The summed E-state index contributed by atoms with van der Waals surface area (Å²) in [6.07, 6.45) is 5.15. The molecule has 0 unspecified atom stereocenters. The van der Waals surface area contributed by atoms with Gasteiger partial charge in [-0.25, -0.2) is 4.79 Å². The van der Waals surface area contributed by atoms with Crippen LogP contribution >= 0.6 is 0 Å². The van der Waals surface area contributed by atoms with Gasteiger partial charge >= 0.3 is 5.97 Å². The van der Waals surface area contributed by atoms with Crippen molar-refractivity contribution in [1.82, 2.24) is 0 Å². The van der Waals surface area contributed by atoms with Gasteiger partial charge in [0.25, 0.3) is 5.91 Å². The van der Waals surface area contributed by atoms with Crippen molar-refractivity contribution in [1.29, 1.82) is 0 Å². The Hall–Kier alpha value is -3.61. The van der Waals surface area contributed by atoms with Crippen molar-refractivity contribution < 1.29 is 14.3 Å². The molecule has 0 radical (unpaired) electrons. The molecule has 0 aliphatic carbocycles. The minimum Gasteiger partial charge on any atom is -0.463 e. The van der Waals surface area contributed by atoms with Crippen molar-refractivity contribution in [3.63, 3.8) is 0 Å². The van der Waals surface area contributed by atoms with Crippen LogP contribution in [0.5, 0.6) is 0 Å². The number of nitrogens with one attached hydrogen (secondary N) is 2. The van der Waals surface area contributed by atoms with Crippen LogP contribution < -0.4 is 16.5 Å². The molecule has 146 valence electrons. The van der Waals surface area contributed by atoms with Gasteiger partial charge in [-0.2, -0.15) is 5.10 Å². The van der Waals surface area contributed by atoms with Crippen LogP contribution in [0.1, 0.15) is 35.3 Å². The molecule has 7 nitrogen and oxygen atoms in total. The third-order valence-corrected chi connectivity index (χ3v) is 3.89. The first-order valence-electron chi connectivity index (χ1n) is 8.94. The minimum absolute atomic E-state index is 0.224. The van der Waals surface area contributed by atoms with E-state index < -0.39 is 0 Å². The molecule has 0 spiro atoms. The van der Waals surface area contributed by atoms with Gasteiger partial charge in [-0.05, 0) is 60.9 Å². The molecule has 0 aliphatic heterocycles. The summed E-state index contributed by atoms with van der Waals surface area (Å²) >= 11 is 0.